The van der Waals surface area contributed by atoms with E-state index >= 15 is 0 Å². The Morgan fingerprint density at radius 3 is 2.21 bits per heavy atom. The first-order chi connectivity index (χ1) is 6.54. The first-order valence-corrected chi connectivity index (χ1v) is 5.52. The number of hydrogen-bond acceptors (Lipinski definition) is 2. The third-order valence-electron chi connectivity index (χ3n) is 2.70. The van der Waals surface area contributed by atoms with Crippen LogP contribution in [0.3, 0.4) is 0 Å². The van der Waals surface area contributed by atoms with Gasteiger partial charge in [-0.1, -0.05) is 40.0 Å². The van der Waals surface area contributed by atoms with Gasteiger partial charge in [-0.05, 0) is 12.8 Å². The fraction of sp³-hybridized carbons (Fsp3) is 0.833. The van der Waals surface area contributed by atoms with Crippen molar-refractivity contribution >= 4 is 5.71 Å². The van der Waals surface area contributed by atoms with E-state index in [4.69, 9.17) is 5.26 Å². The number of hydrogen-bond donors (Lipinski definition) is 0. The van der Waals surface area contributed by atoms with Gasteiger partial charge in [0, 0.05) is 5.41 Å². The minimum absolute atomic E-state index is 0.0911. The van der Waals surface area contributed by atoms with Crippen LogP contribution in [0.1, 0.15) is 52.9 Å². The van der Waals surface area contributed by atoms with Crippen LogP contribution in [-0.4, -0.2) is 11.8 Å². The van der Waals surface area contributed by atoms with Crippen molar-refractivity contribution in [2.24, 2.45) is 10.4 Å². The fourth-order valence-electron chi connectivity index (χ4n) is 1.78. The van der Waals surface area contributed by atoms with Gasteiger partial charge in [-0.3, -0.25) is 4.99 Å². The molecule has 0 radical (unpaired) electrons. The van der Waals surface area contributed by atoms with Crippen LogP contribution >= 0.6 is 0 Å². The Balaban J connectivity index is 2.68. The smallest absolute Gasteiger partial charge is 0.117 e. The molecule has 0 aromatic heterocycles. The van der Waals surface area contributed by atoms with Crippen molar-refractivity contribution in [1.29, 1.82) is 5.26 Å². The van der Waals surface area contributed by atoms with Gasteiger partial charge in [0.05, 0.1) is 6.04 Å². The summed E-state index contributed by atoms with van der Waals surface area (Å²) in [6, 6.07) is 2.65. The Morgan fingerprint density at radius 1 is 1.21 bits per heavy atom. The van der Waals surface area contributed by atoms with Crippen LogP contribution in [0.2, 0.25) is 0 Å². The molecule has 1 aliphatic carbocycles. The lowest BCUT2D eigenvalue weighted by molar-refractivity contribution is 0.439. The van der Waals surface area contributed by atoms with Crippen molar-refractivity contribution in [3.63, 3.8) is 0 Å². The summed E-state index contributed by atoms with van der Waals surface area (Å²) in [7, 11) is 0. The Labute approximate surface area is 87.0 Å². The van der Waals surface area contributed by atoms with E-state index in [1.807, 2.05) is 0 Å². The molecule has 1 fully saturated rings. The van der Waals surface area contributed by atoms with Crippen LogP contribution < -0.4 is 0 Å². The van der Waals surface area contributed by atoms with Gasteiger partial charge in [0.15, 0.2) is 0 Å². The van der Waals surface area contributed by atoms with Gasteiger partial charge in [-0.25, -0.2) is 0 Å². The Bertz CT molecular complexity index is 246. The van der Waals surface area contributed by atoms with Gasteiger partial charge in [0.2, 0.25) is 0 Å². The molecule has 1 aliphatic rings. The molecule has 2 heteroatoms. The first kappa shape index (κ1) is 11.2. The molecule has 0 heterocycles. The summed E-state index contributed by atoms with van der Waals surface area (Å²) >= 11 is 0. The number of nitrogens with zero attached hydrogens (tertiary/aromatic N) is 2. The molecule has 0 aromatic carbocycles. The molecule has 0 amide bonds. The van der Waals surface area contributed by atoms with Crippen LogP contribution in [0.4, 0.5) is 0 Å². The zero-order valence-electron chi connectivity index (χ0n) is 9.51. The first-order valence-electron chi connectivity index (χ1n) is 5.52. The standard InChI is InChI=1S/C12H20N2/c1-12(2,3)11(9-13)14-10-7-5-4-6-8-10/h10H,4-8H2,1-3H3. The molecule has 1 saturated carbocycles. The maximum absolute atomic E-state index is 9.01. The maximum atomic E-state index is 9.01. The minimum Gasteiger partial charge on any atom is -0.275 e. The molecule has 0 unspecified atom stereocenters. The summed E-state index contributed by atoms with van der Waals surface area (Å²) in [6.07, 6.45) is 6.22. The molecule has 78 valence electrons. The number of rotatable bonds is 1. The van der Waals surface area contributed by atoms with E-state index in [2.05, 4.69) is 31.8 Å². The average molecular weight is 192 g/mol. The van der Waals surface area contributed by atoms with Gasteiger partial charge in [-0.2, -0.15) is 5.26 Å². The van der Waals surface area contributed by atoms with Crippen molar-refractivity contribution in [2.45, 2.75) is 58.9 Å². The average Bonchev–Trinajstić information content (AvgIpc) is 2.14. The molecule has 0 aliphatic heterocycles. The Morgan fingerprint density at radius 2 is 1.79 bits per heavy atom. The molecule has 14 heavy (non-hydrogen) atoms. The van der Waals surface area contributed by atoms with Gasteiger partial charge in [0.25, 0.3) is 0 Å². The van der Waals surface area contributed by atoms with Gasteiger partial charge in [-0.15, -0.1) is 0 Å². The predicted octanol–water partition coefficient (Wildman–Crippen LogP) is 3.33. The van der Waals surface area contributed by atoms with Crippen molar-refractivity contribution in [1.82, 2.24) is 0 Å². The highest BCUT2D eigenvalue weighted by atomic mass is 14.8. The third-order valence-corrected chi connectivity index (χ3v) is 2.70. The van der Waals surface area contributed by atoms with E-state index in [-0.39, 0.29) is 5.41 Å². The highest BCUT2D eigenvalue weighted by Crippen LogP contribution is 2.23. The Hall–Kier alpha value is -0.840. The highest BCUT2D eigenvalue weighted by molar-refractivity contribution is 6.02. The zero-order valence-corrected chi connectivity index (χ0v) is 9.51. The second kappa shape index (κ2) is 4.59. The van der Waals surface area contributed by atoms with Crippen LogP contribution in [0.15, 0.2) is 4.99 Å². The molecule has 0 aromatic rings. The second-order valence-corrected chi connectivity index (χ2v) is 5.13. The van der Waals surface area contributed by atoms with Crippen LogP contribution in [0.25, 0.3) is 0 Å². The van der Waals surface area contributed by atoms with Gasteiger partial charge < -0.3 is 0 Å². The van der Waals surface area contributed by atoms with Crippen LogP contribution in [0, 0.1) is 16.7 Å². The van der Waals surface area contributed by atoms with Gasteiger partial charge >= 0.3 is 0 Å². The van der Waals surface area contributed by atoms with E-state index in [9.17, 15) is 0 Å². The van der Waals surface area contributed by atoms with E-state index in [1.165, 1.54) is 32.1 Å². The lowest BCUT2D eigenvalue weighted by Gasteiger charge is -2.22. The van der Waals surface area contributed by atoms with Crippen molar-refractivity contribution in [2.75, 3.05) is 0 Å². The molecule has 0 spiro atoms. The van der Waals surface area contributed by atoms with Crippen LogP contribution in [0.5, 0.6) is 0 Å². The summed E-state index contributed by atoms with van der Waals surface area (Å²) in [5, 5.41) is 9.01. The highest BCUT2D eigenvalue weighted by Gasteiger charge is 2.21. The summed E-state index contributed by atoms with van der Waals surface area (Å²) in [6.45, 7) is 6.16. The zero-order chi connectivity index (χ0) is 10.6. The quantitative estimate of drug-likeness (QED) is 0.587. The monoisotopic (exact) mass is 192 g/mol. The summed E-state index contributed by atoms with van der Waals surface area (Å²) < 4.78 is 0. The predicted molar refractivity (Wildman–Crippen MR) is 59.4 cm³/mol. The molecule has 0 N–H and O–H groups in total. The van der Waals surface area contributed by atoms with Crippen LogP contribution in [-0.2, 0) is 0 Å². The molecule has 0 saturated heterocycles. The number of aliphatic imine (C=N–C) groups is 1. The van der Waals surface area contributed by atoms with Crippen molar-refractivity contribution in [3.8, 4) is 6.07 Å². The number of nitriles is 1. The van der Waals surface area contributed by atoms with E-state index in [0.29, 0.717) is 11.8 Å². The van der Waals surface area contributed by atoms with Crippen molar-refractivity contribution < 1.29 is 0 Å². The molecular weight excluding hydrogens is 172 g/mol. The van der Waals surface area contributed by atoms with E-state index < -0.39 is 0 Å². The third kappa shape index (κ3) is 3.14. The maximum Gasteiger partial charge on any atom is 0.117 e. The second-order valence-electron chi connectivity index (χ2n) is 5.13. The molecule has 0 bridgehead atoms. The summed E-state index contributed by atoms with van der Waals surface area (Å²) in [5.41, 5.74) is 0.621. The molecule has 2 nitrogen and oxygen atoms in total. The normalized spacial score (nSPS) is 20.6. The largest absolute Gasteiger partial charge is 0.275 e. The van der Waals surface area contributed by atoms with E-state index in [1.54, 1.807) is 0 Å². The SMILES string of the molecule is CC(C)(C)C(C#N)=NC1CCCCC1. The molecule has 1 rings (SSSR count). The fourth-order valence-corrected chi connectivity index (χ4v) is 1.78. The summed E-state index contributed by atoms with van der Waals surface area (Å²) in [5.74, 6) is 0. The summed E-state index contributed by atoms with van der Waals surface area (Å²) in [4.78, 5) is 4.58. The minimum atomic E-state index is -0.0911. The molecule has 0 atom stereocenters. The topological polar surface area (TPSA) is 36.1 Å². The van der Waals surface area contributed by atoms with E-state index in [0.717, 1.165) is 0 Å². The van der Waals surface area contributed by atoms with Gasteiger partial charge in [0.1, 0.15) is 11.8 Å². The molecular formula is C12H20N2. The lowest BCUT2D eigenvalue weighted by Crippen LogP contribution is -2.22. The lowest BCUT2D eigenvalue weighted by atomic mass is 9.89. The Kier molecular flexibility index (Phi) is 3.69. The van der Waals surface area contributed by atoms with Crippen molar-refractivity contribution in [3.05, 3.63) is 0 Å².